The summed E-state index contributed by atoms with van der Waals surface area (Å²) in [6.07, 6.45) is 0. The van der Waals surface area contributed by atoms with Crippen molar-refractivity contribution in [2.45, 2.75) is 13.0 Å². The molecule has 0 aliphatic heterocycles. The molecule has 0 aliphatic carbocycles. The fourth-order valence-corrected chi connectivity index (χ4v) is 2.97. The van der Waals surface area contributed by atoms with Gasteiger partial charge in [0.15, 0.2) is 11.5 Å². The van der Waals surface area contributed by atoms with E-state index in [9.17, 15) is 0 Å². The van der Waals surface area contributed by atoms with Gasteiger partial charge < -0.3 is 14.8 Å². The summed E-state index contributed by atoms with van der Waals surface area (Å²) in [5.74, 6) is 1.51. The topological polar surface area (TPSA) is 30.5 Å². The number of thiophene rings is 1. The van der Waals surface area contributed by atoms with Crippen LogP contribution in [-0.4, -0.2) is 21.3 Å². The zero-order chi connectivity index (χ0) is 13.8. The highest BCUT2D eigenvalue weighted by Crippen LogP contribution is 2.34. The Hall–Kier alpha value is -1.52. The Morgan fingerprint density at radius 1 is 1.11 bits per heavy atom. The molecule has 0 saturated carbocycles. The minimum absolute atomic E-state index is 0.172. The zero-order valence-electron chi connectivity index (χ0n) is 11.7. The number of methoxy groups -OCH3 is 2. The molecular formula is C15H19NO2S. The monoisotopic (exact) mass is 277 g/mol. The van der Waals surface area contributed by atoms with Gasteiger partial charge in [-0.05, 0) is 48.7 Å². The van der Waals surface area contributed by atoms with E-state index in [1.165, 1.54) is 16.0 Å². The molecule has 0 saturated heterocycles. The normalized spacial score (nSPS) is 12.2. The van der Waals surface area contributed by atoms with Crippen molar-refractivity contribution in [1.29, 1.82) is 0 Å². The first kappa shape index (κ1) is 13.9. The number of hydrogen-bond donors (Lipinski definition) is 1. The SMILES string of the molecule is CNC(c1ccc(OC)c(OC)c1)c1ccsc1C. The Morgan fingerprint density at radius 2 is 1.84 bits per heavy atom. The zero-order valence-corrected chi connectivity index (χ0v) is 12.5. The lowest BCUT2D eigenvalue weighted by molar-refractivity contribution is 0.354. The predicted molar refractivity (Wildman–Crippen MR) is 79.5 cm³/mol. The van der Waals surface area contributed by atoms with Crippen molar-refractivity contribution in [3.63, 3.8) is 0 Å². The number of aryl methyl sites for hydroxylation is 1. The van der Waals surface area contributed by atoms with E-state index in [4.69, 9.17) is 9.47 Å². The molecule has 19 heavy (non-hydrogen) atoms. The second-order valence-corrected chi connectivity index (χ2v) is 5.39. The second-order valence-electron chi connectivity index (χ2n) is 4.27. The van der Waals surface area contributed by atoms with E-state index >= 15 is 0 Å². The molecule has 1 heterocycles. The summed E-state index contributed by atoms with van der Waals surface area (Å²) in [6, 6.07) is 8.38. The second kappa shape index (κ2) is 6.08. The van der Waals surface area contributed by atoms with Crippen LogP contribution < -0.4 is 14.8 Å². The average molecular weight is 277 g/mol. The maximum absolute atomic E-state index is 5.37. The lowest BCUT2D eigenvalue weighted by Crippen LogP contribution is -2.17. The predicted octanol–water partition coefficient (Wildman–Crippen LogP) is 3.38. The van der Waals surface area contributed by atoms with Gasteiger partial charge in [0.1, 0.15) is 0 Å². The molecule has 3 nitrogen and oxygen atoms in total. The maximum atomic E-state index is 5.37. The van der Waals surface area contributed by atoms with Gasteiger partial charge >= 0.3 is 0 Å². The van der Waals surface area contributed by atoms with Crippen LogP contribution in [0.1, 0.15) is 22.0 Å². The molecule has 0 aliphatic rings. The fraction of sp³-hybridized carbons (Fsp3) is 0.333. The van der Waals surface area contributed by atoms with Crippen molar-refractivity contribution >= 4 is 11.3 Å². The summed E-state index contributed by atoms with van der Waals surface area (Å²) in [7, 11) is 5.28. The first-order chi connectivity index (χ1) is 9.21. The van der Waals surface area contributed by atoms with Crippen molar-refractivity contribution in [2.75, 3.05) is 21.3 Å². The third kappa shape index (κ3) is 2.74. The van der Waals surface area contributed by atoms with Crippen LogP contribution in [0.5, 0.6) is 11.5 Å². The van der Waals surface area contributed by atoms with E-state index in [0.717, 1.165) is 11.5 Å². The molecule has 1 atom stereocenters. The molecule has 2 aromatic rings. The van der Waals surface area contributed by atoms with Gasteiger partial charge in [0.05, 0.1) is 20.3 Å². The molecule has 4 heteroatoms. The highest BCUT2D eigenvalue weighted by atomic mass is 32.1. The van der Waals surface area contributed by atoms with Crippen LogP contribution in [0.15, 0.2) is 29.6 Å². The van der Waals surface area contributed by atoms with Crippen LogP contribution in [-0.2, 0) is 0 Å². The van der Waals surface area contributed by atoms with Crippen LogP contribution in [0.2, 0.25) is 0 Å². The molecule has 102 valence electrons. The van der Waals surface area contributed by atoms with Crippen LogP contribution in [0.4, 0.5) is 0 Å². The maximum Gasteiger partial charge on any atom is 0.161 e. The molecule has 1 aromatic carbocycles. The first-order valence-corrected chi connectivity index (χ1v) is 7.02. The van der Waals surface area contributed by atoms with Gasteiger partial charge in [-0.2, -0.15) is 0 Å². The van der Waals surface area contributed by atoms with E-state index < -0.39 is 0 Å². The average Bonchev–Trinajstić information content (AvgIpc) is 2.86. The quantitative estimate of drug-likeness (QED) is 0.909. The Labute approximate surface area is 118 Å². The first-order valence-electron chi connectivity index (χ1n) is 6.14. The van der Waals surface area contributed by atoms with Crippen LogP contribution >= 0.6 is 11.3 Å². The standard InChI is InChI=1S/C15H19NO2S/c1-10-12(7-8-19-10)15(16-2)11-5-6-13(17-3)14(9-11)18-4/h5-9,15-16H,1-4H3. The number of benzene rings is 1. The molecule has 0 radical (unpaired) electrons. The smallest absolute Gasteiger partial charge is 0.161 e. The minimum Gasteiger partial charge on any atom is -0.493 e. The Bertz CT molecular complexity index is 551. The van der Waals surface area contributed by atoms with E-state index in [0.29, 0.717) is 0 Å². The molecule has 0 bridgehead atoms. The van der Waals surface area contributed by atoms with Crippen molar-refractivity contribution in [2.24, 2.45) is 0 Å². The third-order valence-electron chi connectivity index (χ3n) is 3.24. The highest BCUT2D eigenvalue weighted by Gasteiger charge is 2.17. The van der Waals surface area contributed by atoms with Gasteiger partial charge in [-0.3, -0.25) is 0 Å². The summed E-state index contributed by atoms with van der Waals surface area (Å²) >= 11 is 1.76. The van der Waals surface area contributed by atoms with E-state index in [1.807, 2.05) is 19.2 Å². The summed E-state index contributed by atoms with van der Waals surface area (Å²) < 4.78 is 10.6. The molecule has 1 unspecified atom stereocenters. The molecule has 0 spiro atoms. The minimum atomic E-state index is 0.172. The van der Waals surface area contributed by atoms with Gasteiger partial charge in [0, 0.05) is 4.88 Å². The van der Waals surface area contributed by atoms with Gasteiger partial charge in [-0.15, -0.1) is 11.3 Å². The molecule has 1 aromatic heterocycles. The molecule has 1 N–H and O–H groups in total. The number of hydrogen-bond acceptors (Lipinski definition) is 4. The van der Waals surface area contributed by atoms with E-state index in [1.54, 1.807) is 25.6 Å². The van der Waals surface area contributed by atoms with Gasteiger partial charge in [-0.1, -0.05) is 6.07 Å². The summed E-state index contributed by atoms with van der Waals surface area (Å²) in [5.41, 5.74) is 2.47. The van der Waals surface area contributed by atoms with Crippen LogP contribution in [0.3, 0.4) is 0 Å². The molecular weight excluding hydrogens is 258 g/mol. The van der Waals surface area contributed by atoms with E-state index in [2.05, 4.69) is 29.8 Å². The summed E-state index contributed by atoms with van der Waals surface area (Å²) in [6.45, 7) is 2.14. The lowest BCUT2D eigenvalue weighted by atomic mass is 9.99. The molecule has 0 amide bonds. The fourth-order valence-electron chi connectivity index (χ4n) is 2.23. The van der Waals surface area contributed by atoms with Gasteiger partial charge in [-0.25, -0.2) is 0 Å². The molecule has 0 fully saturated rings. The van der Waals surface area contributed by atoms with Crippen molar-refractivity contribution in [3.05, 3.63) is 45.6 Å². The summed E-state index contributed by atoms with van der Waals surface area (Å²) in [4.78, 5) is 1.33. The Kier molecular flexibility index (Phi) is 4.45. The van der Waals surface area contributed by atoms with Crippen LogP contribution in [0, 0.1) is 6.92 Å². The van der Waals surface area contributed by atoms with Gasteiger partial charge in [0.2, 0.25) is 0 Å². The summed E-state index contributed by atoms with van der Waals surface area (Å²) in [5, 5.41) is 5.48. The number of ether oxygens (including phenoxy) is 2. The number of rotatable bonds is 5. The Morgan fingerprint density at radius 3 is 2.37 bits per heavy atom. The van der Waals surface area contributed by atoms with Gasteiger partial charge in [0.25, 0.3) is 0 Å². The van der Waals surface area contributed by atoms with Crippen LogP contribution in [0.25, 0.3) is 0 Å². The molecule has 2 rings (SSSR count). The number of nitrogens with one attached hydrogen (secondary N) is 1. The van der Waals surface area contributed by atoms with E-state index in [-0.39, 0.29) is 6.04 Å². The largest absolute Gasteiger partial charge is 0.493 e. The van der Waals surface area contributed by atoms with Crippen molar-refractivity contribution in [3.8, 4) is 11.5 Å². The van der Waals surface area contributed by atoms with Crippen molar-refractivity contribution < 1.29 is 9.47 Å². The van der Waals surface area contributed by atoms with Crippen molar-refractivity contribution in [1.82, 2.24) is 5.32 Å². The highest BCUT2D eigenvalue weighted by molar-refractivity contribution is 7.10. The lowest BCUT2D eigenvalue weighted by Gasteiger charge is -2.18. The Balaban J connectivity index is 2.42. The third-order valence-corrected chi connectivity index (χ3v) is 4.10.